The monoisotopic (exact) mass is 751 g/mol. The molecule has 0 aliphatic carbocycles. The van der Waals surface area contributed by atoms with Crippen LogP contribution in [0.1, 0.15) is 47.8 Å². The molecule has 0 spiro atoms. The number of guanidine groups is 1. The minimum atomic E-state index is -0.659. The Morgan fingerprint density at radius 2 is 1.82 bits per heavy atom. The van der Waals surface area contributed by atoms with Gasteiger partial charge in [0.2, 0.25) is 23.7 Å². The Morgan fingerprint density at radius 1 is 1.00 bits per heavy atom. The number of carbonyl (C=O) groups excluding carboxylic acids is 3. The van der Waals surface area contributed by atoms with E-state index in [-0.39, 0.29) is 30.2 Å². The predicted octanol–water partition coefficient (Wildman–Crippen LogP) is 5.00. The number of hydrogen-bond acceptors (Lipinski definition) is 9. The number of aliphatic imine (C=N–C) groups is 1. The van der Waals surface area contributed by atoms with Gasteiger partial charge in [0.05, 0.1) is 47.9 Å². The van der Waals surface area contributed by atoms with Crippen molar-refractivity contribution in [3.8, 4) is 17.1 Å². The van der Waals surface area contributed by atoms with Crippen molar-refractivity contribution >= 4 is 40.7 Å². The molecule has 1 unspecified atom stereocenters. The van der Waals surface area contributed by atoms with Crippen molar-refractivity contribution < 1.29 is 27.9 Å². The number of amides is 3. The number of benzene rings is 2. The highest BCUT2D eigenvalue weighted by Crippen LogP contribution is 2.36. The molecule has 2 bridgehead atoms. The summed E-state index contributed by atoms with van der Waals surface area (Å²) in [5, 5.41) is 7.74. The molecule has 286 valence electrons. The fourth-order valence-corrected chi connectivity index (χ4v) is 7.91. The molecule has 2 aromatic carbocycles. The molecule has 55 heavy (non-hydrogen) atoms. The number of anilines is 3. The number of fused-ring (bicyclic) bond motifs is 7. The third-order valence-electron chi connectivity index (χ3n) is 10.8. The van der Waals surface area contributed by atoms with E-state index in [1.807, 2.05) is 42.0 Å². The molecule has 2 saturated heterocycles. The number of hydrogen-bond donors (Lipinski definition) is 1. The van der Waals surface area contributed by atoms with Gasteiger partial charge in [0.15, 0.2) is 0 Å². The number of halogens is 2. The minimum absolute atomic E-state index is 0.0273. The summed E-state index contributed by atoms with van der Waals surface area (Å²) in [5.41, 5.74) is 5.36. The summed E-state index contributed by atoms with van der Waals surface area (Å²) < 4.78 is 35.5. The zero-order valence-corrected chi connectivity index (χ0v) is 31.1. The quantitative estimate of drug-likeness (QED) is 0.307. The largest absolute Gasteiger partial charge is 0.477 e. The summed E-state index contributed by atoms with van der Waals surface area (Å²) in [6.45, 7) is 7.04. The zero-order chi connectivity index (χ0) is 38.4. The number of nitrogens with one attached hydrogen (secondary N) is 1. The first-order valence-electron chi connectivity index (χ1n) is 18.7. The van der Waals surface area contributed by atoms with Crippen LogP contribution in [0.25, 0.3) is 11.3 Å². The Morgan fingerprint density at radius 3 is 2.62 bits per heavy atom. The fourth-order valence-electron chi connectivity index (χ4n) is 7.91. The second kappa shape index (κ2) is 14.8. The highest BCUT2D eigenvalue weighted by atomic mass is 19.1. The van der Waals surface area contributed by atoms with E-state index in [1.165, 1.54) is 12.1 Å². The maximum absolute atomic E-state index is 13.8. The minimum Gasteiger partial charge on any atom is -0.477 e. The molecule has 2 atom stereocenters. The van der Waals surface area contributed by atoms with Crippen LogP contribution in [-0.2, 0) is 23.2 Å². The Hall–Kier alpha value is -5.86. The van der Waals surface area contributed by atoms with Crippen molar-refractivity contribution in [3.63, 3.8) is 0 Å². The summed E-state index contributed by atoms with van der Waals surface area (Å²) in [6.07, 6.45) is 3.92. The van der Waals surface area contributed by atoms with E-state index in [1.54, 1.807) is 32.8 Å². The Balaban J connectivity index is 0.967. The van der Waals surface area contributed by atoms with Gasteiger partial charge in [-0.1, -0.05) is 13.0 Å². The summed E-state index contributed by atoms with van der Waals surface area (Å²) >= 11 is 0. The summed E-state index contributed by atoms with van der Waals surface area (Å²) in [6, 6.07) is 12.7. The topological polar surface area (TPSA) is 128 Å². The van der Waals surface area contributed by atoms with E-state index >= 15 is 0 Å². The number of rotatable bonds is 4. The molecular formula is C40H43F2N9O4. The molecule has 2 fully saturated rings. The molecule has 15 heteroatoms. The summed E-state index contributed by atoms with van der Waals surface area (Å²) in [5.74, 6) is -1.10. The number of aromatic nitrogens is 3. The van der Waals surface area contributed by atoms with Crippen molar-refractivity contribution in [2.75, 3.05) is 61.0 Å². The fraction of sp³-hybridized carbons (Fsp3) is 0.400. The second-order valence-electron chi connectivity index (χ2n) is 14.9. The number of carbonyl (C=O) groups is 3. The lowest BCUT2D eigenvalue weighted by molar-refractivity contribution is -0.147. The first-order chi connectivity index (χ1) is 26.5. The smallest absolute Gasteiger partial charge is 0.280 e. The van der Waals surface area contributed by atoms with Gasteiger partial charge < -0.3 is 29.7 Å². The molecule has 3 amide bonds. The maximum Gasteiger partial charge on any atom is 0.280 e. The van der Waals surface area contributed by atoms with Gasteiger partial charge in [-0.15, -0.1) is 0 Å². The average molecular weight is 752 g/mol. The van der Waals surface area contributed by atoms with Gasteiger partial charge >= 0.3 is 0 Å². The molecule has 6 heterocycles. The molecule has 4 aliphatic heterocycles. The number of nitrogens with zero attached hydrogens (tertiary/aromatic N) is 8. The lowest BCUT2D eigenvalue weighted by atomic mass is 10.0. The van der Waals surface area contributed by atoms with E-state index in [0.29, 0.717) is 92.3 Å². The molecule has 2 aromatic heterocycles. The SMILES string of the molecule is Cc1cc2cc(n1)-c1cnn(C)c1OCCC[C@@H](C)CN1/C(=N/C2=O)Nc2ccc(CN3CCN(C(=O)C4CCN(c5cc(F)cc(F)c5)C4)CC3=O)cc21. The van der Waals surface area contributed by atoms with Gasteiger partial charge in [0.1, 0.15) is 11.6 Å². The summed E-state index contributed by atoms with van der Waals surface area (Å²) in [7, 11) is 1.82. The lowest BCUT2D eigenvalue weighted by Crippen LogP contribution is -2.53. The van der Waals surface area contributed by atoms with Gasteiger partial charge in [-0.05, 0) is 74.1 Å². The van der Waals surface area contributed by atoms with Crippen LogP contribution < -0.4 is 19.9 Å². The highest BCUT2D eigenvalue weighted by molar-refractivity contribution is 6.19. The Labute approximate surface area is 317 Å². The van der Waals surface area contributed by atoms with E-state index in [9.17, 15) is 23.2 Å². The Kier molecular flexibility index (Phi) is 9.70. The van der Waals surface area contributed by atoms with Gasteiger partial charge in [-0.3, -0.25) is 19.4 Å². The first-order valence-corrected chi connectivity index (χ1v) is 18.7. The second-order valence-corrected chi connectivity index (χ2v) is 14.9. The Bertz CT molecular complexity index is 2190. The summed E-state index contributed by atoms with van der Waals surface area (Å²) in [4.78, 5) is 57.1. The van der Waals surface area contributed by atoms with Crippen molar-refractivity contribution in [2.24, 2.45) is 23.9 Å². The van der Waals surface area contributed by atoms with Crippen molar-refractivity contribution in [3.05, 3.63) is 83.2 Å². The van der Waals surface area contributed by atoms with Crippen LogP contribution in [0.3, 0.4) is 0 Å². The molecule has 0 radical (unpaired) electrons. The zero-order valence-electron chi connectivity index (χ0n) is 31.1. The van der Waals surface area contributed by atoms with Crippen LogP contribution in [-0.4, -0.2) is 94.1 Å². The van der Waals surface area contributed by atoms with Gasteiger partial charge in [0, 0.05) is 69.3 Å². The van der Waals surface area contributed by atoms with Crippen LogP contribution in [0.4, 0.5) is 25.8 Å². The highest BCUT2D eigenvalue weighted by Gasteiger charge is 2.36. The van der Waals surface area contributed by atoms with Crippen molar-refractivity contribution in [1.29, 1.82) is 0 Å². The number of ether oxygens (including phenoxy) is 1. The van der Waals surface area contributed by atoms with Crippen LogP contribution in [0.5, 0.6) is 5.88 Å². The molecule has 4 aliphatic rings. The number of aryl methyl sites for hydroxylation is 2. The first kappa shape index (κ1) is 36.1. The van der Waals surface area contributed by atoms with Crippen molar-refractivity contribution in [1.82, 2.24) is 24.6 Å². The third kappa shape index (κ3) is 7.47. The van der Waals surface area contributed by atoms with Crippen LogP contribution in [0.2, 0.25) is 0 Å². The number of piperazine rings is 1. The van der Waals surface area contributed by atoms with E-state index < -0.39 is 17.5 Å². The molecule has 0 saturated carbocycles. The molecule has 4 aromatic rings. The van der Waals surface area contributed by atoms with Crippen LogP contribution >= 0.6 is 0 Å². The molecule has 13 nitrogen and oxygen atoms in total. The van der Waals surface area contributed by atoms with Gasteiger partial charge in [0.25, 0.3) is 5.91 Å². The normalized spacial score (nSPS) is 21.1. The van der Waals surface area contributed by atoms with Gasteiger partial charge in [-0.2, -0.15) is 10.1 Å². The predicted molar refractivity (Wildman–Crippen MR) is 203 cm³/mol. The van der Waals surface area contributed by atoms with Gasteiger partial charge in [-0.25, -0.2) is 13.5 Å². The van der Waals surface area contributed by atoms with E-state index in [0.717, 1.165) is 35.8 Å². The molecule has 1 N–H and O–H groups in total. The molecule has 8 rings (SSSR count). The van der Waals surface area contributed by atoms with Crippen LogP contribution in [0.15, 0.2) is 59.7 Å². The number of pyridine rings is 1. The maximum atomic E-state index is 13.8. The molecular weight excluding hydrogens is 708 g/mol. The van der Waals surface area contributed by atoms with E-state index in [4.69, 9.17) is 4.74 Å². The lowest BCUT2D eigenvalue weighted by Gasteiger charge is -2.35. The van der Waals surface area contributed by atoms with Crippen molar-refractivity contribution in [2.45, 2.75) is 39.7 Å². The average Bonchev–Trinajstić information content (AvgIpc) is 3.87. The standard InChI is InChI=1S/C40H43F2N9O4/c1-24-5-4-12-55-39-32(19-43-47(39)3)34-15-28(13-25(2)44-34)37(53)46-40-45-33-7-6-26(14-35(33)51(40)20-24)21-49-10-11-50(23-36(49)52)38(54)27-8-9-48(22-27)31-17-29(41)16-30(42)18-31/h6-7,13-19,24,27H,4-5,8-12,20-23H2,1-3H3,(H,45,46,53)/t24-,27?/m1/s1. The third-order valence-corrected chi connectivity index (χ3v) is 10.8. The van der Waals surface area contributed by atoms with E-state index in [2.05, 4.69) is 27.3 Å². The van der Waals surface area contributed by atoms with Crippen LogP contribution in [0, 0.1) is 30.4 Å².